The lowest BCUT2D eigenvalue weighted by atomic mass is 9.79. The molecule has 2 heteroatoms. The van der Waals surface area contributed by atoms with Crippen molar-refractivity contribution in [2.24, 2.45) is 0 Å². The molecule has 0 aliphatic rings. The van der Waals surface area contributed by atoms with Crippen molar-refractivity contribution >= 4 is 71.2 Å². The maximum absolute atomic E-state index is 2.56. The molecule has 0 radical (unpaired) electrons. The molecule has 1 heterocycles. The number of fused-ring (bicyclic) bond motifs is 3. The van der Waals surface area contributed by atoms with Crippen LogP contribution in [0.2, 0.25) is 0 Å². The summed E-state index contributed by atoms with van der Waals surface area (Å²) in [5.74, 6) is 0. The number of para-hydroxylation sites is 2. The Morgan fingerprint density at radius 2 is 0.891 bits per heavy atom. The van der Waals surface area contributed by atoms with E-state index in [2.05, 4.69) is 250 Å². The van der Waals surface area contributed by atoms with E-state index < -0.39 is 0 Å². The Bertz CT molecular complexity index is 3320. The third-order valence-electron chi connectivity index (χ3n) is 13.7. The van der Waals surface area contributed by atoms with Crippen molar-refractivity contribution in [3.63, 3.8) is 0 Å². The van der Waals surface area contributed by atoms with Crippen molar-refractivity contribution in [1.29, 1.82) is 0 Å². The van der Waals surface area contributed by atoms with Gasteiger partial charge in [-0.25, -0.2) is 0 Å². The van der Waals surface area contributed by atoms with Gasteiger partial charge in [0.05, 0.1) is 22.4 Å². The third-order valence-corrected chi connectivity index (χ3v) is 13.7. The molecule has 0 saturated heterocycles. The van der Waals surface area contributed by atoms with Crippen LogP contribution in [0.5, 0.6) is 0 Å². The van der Waals surface area contributed by atoms with Crippen molar-refractivity contribution < 1.29 is 0 Å². The molecule has 0 spiro atoms. The van der Waals surface area contributed by atoms with Gasteiger partial charge in [0, 0.05) is 32.9 Å². The number of hydrogen-bond acceptors (Lipinski definition) is 1. The summed E-state index contributed by atoms with van der Waals surface area (Å²) in [4.78, 5) is 2.56. The summed E-state index contributed by atoms with van der Waals surface area (Å²) in [6.07, 6.45) is 0. The second-order valence-corrected chi connectivity index (χ2v) is 22.4. The molecule has 10 aromatic rings. The fourth-order valence-corrected chi connectivity index (χ4v) is 10.1. The predicted molar refractivity (Wildman–Crippen MR) is 279 cm³/mol. The first-order valence-electron chi connectivity index (χ1n) is 23.2. The Kier molecular flexibility index (Phi) is 9.48. The zero-order valence-electron chi connectivity index (χ0n) is 39.9. The van der Waals surface area contributed by atoms with Crippen molar-refractivity contribution in [1.82, 2.24) is 4.57 Å². The average molecular weight is 835 g/mol. The number of benzene rings is 9. The minimum atomic E-state index is -0.0615. The number of nitrogens with zero attached hydrogens (tertiary/aromatic N) is 2. The van der Waals surface area contributed by atoms with Crippen LogP contribution >= 0.6 is 0 Å². The molecule has 320 valence electrons. The third kappa shape index (κ3) is 6.94. The number of rotatable bonds is 5. The van der Waals surface area contributed by atoms with E-state index in [9.17, 15) is 0 Å². The van der Waals surface area contributed by atoms with E-state index in [1.165, 1.54) is 105 Å². The van der Waals surface area contributed by atoms with E-state index in [-0.39, 0.29) is 21.7 Å². The molecule has 0 bridgehead atoms. The average Bonchev–Trinajstić information content (AvgIpc) is 3.59. The second kappa shape index (κ2) is 14.6. The fraction of sp³-hybridized carbons (Fsp3) is 0.258. The van der Waals surface area contributed by atoms with Gasteiger partial charge in [0.15, 0.2) is 0 Å². The van der Waals surface area contributed by atoms with Crippen LogP contribution in [-0.4, -0.2) is 4.57 Å². The Balaban J connectivity index is 1.27. The quantitative estimate of drug-likeness (QED) is 0.157. The number of aromatic nitrogens is 1. The first-order chi connectivity index (χ1) is 30.3. The fourth-order valence-electron chi connectivity index (χ4n) is 10.1. The molecule has 0 amide bonds. The molecule has 0 aliphatic heterocycles. The summed E-state index contributed by atoms with van der Waals surface area (Å²) in [5, 5.41) is 10.1. The van der Waals surface area contributed by atoms with Gasteiger partial charge < -0.3 is 9.47 Å². The minimum absolute atomic E-state index is 0.0520. The molecular weight excluding hydrogens is 773 g/mol. The molecule has 0 atom stereocenters. The van der Waals surface area contributed by atoms with Crippen LogP contribution in [0.15, 0.2) is 158 Å². The van der Waals surface area contributed by atoms with E-state index in [4.69, 9.17) is 0 Å². The van der Waals surface area contributed by atoms with Gasteiger partial charge in [0.25, 0.3) is 0 Å². The topological polar surface area (TPSA) is 8.17 Å². The van der Waals surface area contributed by atoms with E-state index in [0.29, 0.717) is 0 Å². The number of anilines is 3. The molecule has 10 rings (SSSR count). The largest absolute Gasteiger partial charge is 0.310 e. The Labute approximate surface area is 380 Å². The lowest BCUT2D eigenvalue weighted by Crippen LogP contribution is -2.19. The summed E-state index contributed by atoms with van der Waals surface area (Å²) in [6.45, 7) is 27.9. The van der Waals surface area contributed by atoms with Crippen LogP contribution in [0, 0.1) is 0 Å². The summed E-state index contributed by atoms with van der Waals surface area (Å²) >= 11 is 0. The van der Waals surface area contributed by atoms with Gasteiger partial charge in [-0.1, -0.05) is 192 Å². The maximum atomic E-state index is 2.56. The van der Waals surface area contributed by atoms with Crippen LogP contribution in [0.25, 0.3) is 70.9 Å². The summed E-state index contributed by atoms with van der Waals surface area (Å²) in [5.41, 5.74) is 14.9. The standard InChI is InChI=1S/C62H62N2/c1-59(2,3)42-27-21-39(22-28-42)51-38-45(29-32-52(51)62(10,11)12)63(46-36-43(60(4,5)6)35-44(37-46)61(7,8)9)55-33-25-40-24-31-50-56(34-26-41-23-30-49(55)57(40)58(41)50)64-53-19-15-13-17-47(53)48-18-14-16-20-54(48)64/h13-38H,1-12H3. The highest BCUT2D eigenvalue weighted by atomic mass is 15.1. The van der Waals surface area contributed by atoms with E-state index in [0.717, 1.165) is 5.69 Å². The lowest BCUT2D eigenvalue weighted by Gasteiger charge is -2.33. The molecule has 0 aliphatic carbocycles. The molecule has 0 saturated carbocycles. The molecule has 0 fully saturated rings. The highest BCUT2D eigenvalue weighted by molar-refractivity contribution is 6.27. The van der Waals surface area contributed by atoms with Crippen LogP contribution in [-0.2, 0) is 21.7 Å². The molecule has 64 heavy (non-hydrogen) atoms. The molecule has 0 unspecified atom stereocenters. The molecule has 2 nitrogen and oxygen atoms in total. The van der Waals surface area contributed by atoms with Crippen LogP contribution in [0.1, 0.15) is 105 Å². The predicted octanol–water partition coefficient (Wildman–Crippen LogP) is 18.0. The molecule has 1 aromatic heterocycles. The summed E-state index contributed by atoms with van der Waals surface area (Å²) in [7, 11) is 0. The van der Waals surface area contributed by atoms with Gasteiger partial charge in [0.1, 0.15) is 0 Å². The van der Waals surface area contributed by atoms with Crippen LogP contribution in [0.3, 0.4) is 0 Å². The van der Waals surface area contributed by atoms with Crippen LogP contribution in [0.4, 0.5) is 17.1 Å². The highest BCUT2D eigenvalue weighted by Gasteiger charge is 2.28. The van der Waals surface area contributed by atoms with Crippen molar-refractivity contribution in [2.45, 2.75) is 105 Å². The Morgan fingerprint density at radius 1 is 0.375 bits per heavy atom. The monoisotopic (exact) mass is 834 g/mol. The summed E-state index contributed by atoms with van der Waals surface area (Å²) < 4.78 is 2.47. The van der Waals surface area contributed by atoms with Crippen molar-refractivity contribution in [3.8, 4) is 16.8 Å². The van der Waals surface area contributed by atoms with Gasteiger partial charge >= 0.3 is 0 Å². The SMILES string of the molecule is CC(C)(C)c1ccc(-c2cc(N(c3cc(C(C)(C)C)cc(C(C)(C)C)c3)c3ccc4ccc5c(-n6c7ccccc7c7ccccc76)ccc6ccc3c4c65)ccc2C(C)(C)C)cc1. The van der Waals surface area contributed by atoms with Gasteiger partial charge in [0.2, 0.25) is 0 Å². The zero-order valence-corrected chi connectivity index (χ0v) is 39.9. The minimum Gasteiger partial charge on any atom is -0.310 e. The maximum Gasteiger partial charge on any atom is 0.0541 e. The first-order valence-corrected chi connectivity index (χ1v) is 23.2. The van der Waals surface area contributed by atoms with Crippen molar-refractivity contribution in [3.05, 3.63) is 180 Å². The first kappa shape index (κ1) is 41.6. The smallest absolute Gasteiger partial charge is 0.0541 e. The van der Waals surface area contributed by atoms with Gasteiger partial charge in [-0.15, -0.1) is 0 Å². The Morgan fingerprint density at radius 3 is 1.45 bits per heavy atom. The Hall–Kier alpha value is -6.38. The normalized spacial score (nSPS) is 13.0. The molecule has 9 aromatic carbocycles. The van der Waals surface area contributed by atoms with E-state index in [1.807, 2.05) is 0 Å². The molecular formula is C62H62N2. The van der Waals surface area contributed by atoms with E-state index in [1.54, 1.807) is 0 Å². The zero-order chi connectivity index (χ0) is 45.1. The highest BCUT2D eigenvalue weighted by Crippen LogP contribution is 2.48. The van der Waals surface area contributed by atoms with Gasteiger partial charge in [-0.3, -0.25) is 0 Å². The van der Waals surface area contributed by atoms with Crippen molar-refractivity contribution in [2.75, 3.05) is 4.90 Å². The molecule has 0 N–H and O–H groups in total. The van der Waals surface area contributed by atoms with Gasteiger partial charge in [-0.2, -0.15) is 0 Å². The summed E-state index contributed by atoms with van der Waals surface area (Å²) in [6, 6.07) is 60.3. The van der Waals surface area contributed by atoms with Crippen LogP contribution < -0.4 is 4.90 Å². The van der Waals surface area contributed by atoms with Gasteiger partial charge in [-0.05, 0) is 125 Å². The van der Waals surface area contributed by atoms with E-state index >= 15 is 0 Å². The second-order valence-electron chi connectivity index (χ2n) is 22.4. The number of hydrogen-bond donors (Lipinski definition) is 0. The lowest BCUT2D eigenvalue weighted by molar-refractivity contribution is 0.568.